The van der Waals surface area contributed by atoms with E-state index in [4.69, 9.17) is 14.2 Å². The van der Waals surface area contributed by atoms with Gasteiger partial charge in [-0.3, -0.25) is 10.0 Å². The van der Waals surface area contributed by atoms with Crippen LogP contribution in [0.3, 0.4) is 0 Å². The van der Waals surface area contributed by atoms with E-state index in [-0.39, 0.29) is 6.54 Å². The number of methoxy groups -OCH3 is 2. The molecule has 0 radical (unpaired) electrons. The van der Waals surface area contributed by atoms with Crippen molar-refractivity contribution < 1.29 is 24.2 Å². The van der Waals surface area contributed by atoms with Gasteiger partial charge in [-0.05, 0) is 36.2 Å². The Labute approximate surface area is 165 Å². The minimum atomic E-state index is -0.406. The van der Waals surface area contributed by atoms with Gasteiger partial charge in [-0.25, -0.2) is 5.06 Å². The Morgan fingerprint density at radius 3 is 2.36 bits per heavy atom. The molecule has 1 unspecified atom stereocenters. The Bertz CT molecular complexity index is 851. The monoisotopic (exact) mass is 383 g/mol. The number of hydrogen-bond donors (Lipinski definition) is 1. The van der Waals surface area contributed by atoms with Crippen LogP contribution in [0.4, 0.5) is 0 Å². The normalized spacial score (nSPS) is 11.2. The summed E-state index contributed by atoms with van der Waals surface area (Å²) < 4.78 is 16.3. The molecular formula is C22H25NO5. The third-order valence-electron chi connectivity index (χ3n) is 4.04. The van der Waals surface area contributed by atoms with Crippen LogP contribution in [0.2, 0.25) is 0 Å². The minimum absolute atomic E-state index is 0.131. The van der Waals surface area contributed by atoms with E-state index >= 15 is 0 Å². The highest BCUT2D eigenvalue weighted by molar-refractivity contribution is 5.71. The fourth-order valence-corrected chi connectivity index (χ4v) is 2.53. The van der Waals surface area contributed by atoms with E-state index < -0.39 is 12.0 Å². The maximum absolute atomic E-state index is 11.1. The number of rotatable bonds is 7. The molecule has 1 atom stereocenters. The van der Waals surface area contributed by atoms with Crippen LogP contribution in [-0.2, 0) is 16.1 Å². The summed E-state index contributed by atoms with van der Waals surface area (Å²) in [6, 6.07) is 12.9. The third-order valence-corrected chi connectivity index (χ3v) is 4.04. The SMILES string of the molecule is CCOC(C#Cc1ccc(OC)c(OC)c1)c1ccc(CN(O)C(C)=O)cc1. The quantitative estimate of drug-likeness (QED) is 0.450. The summed E-state index contributed by atoms with van der Waals surface area (Å²) >= 11 is 0. The molecule has 0 saturated carbocycles. The molecule has 1 amide bonds. The fraction of sp³-hybridized carbons (Fsp3) is 0.318. The summed E-state index contributed by atoms with van der Waals surface area (Å²) in [5.74, 6) is 7.11. The summed E-state index contributed by atoms with van der Waals surface area (Å²) in [5, 5.41) is 10.2. The lowest BCUT2D eigenvalue weighted by molar-refractivity contribution is -0.165. The first-order valence-electron chi connectivity index (χ1n) is 8.89. The largest absolute Gasteiger partial charge is 0.493 e. The highest BCUT2D eigenvalue weighted by atomic mass is 16.5. The maximum atomic E-state index is 11.1. The lowest BCUT2D eigenvalue weighted by Crippen LogP contribution is -2.23. The molecule has 1 N–H and O–H groups in total. The molecule has 0 heterocycles. The van der Waals surface area contributed by atoms with Crippen molar-refractivity contribution in [3.63, 3.8) is 0 Å². The van der Waals surface area contributed by atoms with Crippen molar-refractivity contribution in [1.82, 2.24) is 5.06 Å². The number of carbonyl (C=O) groups is 1. The molecule has 0 fully saturated rings. The van der Waals surface area contributed by atoms with Crippen molar-refractivity contribution in [3.8, 4) is 23.3 Å². The average molecular weight is 383 g/mol. The van der Waals surface area contributed by atoms with Gasteiger partial charge in [0.25, 0.3) is 0 Å². The van der Waals surface area contributed by atoms with Crippen molar-refractivity contribution in [2.24, 2.45) is 0 Å². The molecule has 6 nitrogen and oxygen atoms in total. The second-order valence-electron chi connectivity index (χ2n) is 5.99. The number of hydrogen-bond acceptors (Lipinski definition) is 5. The van der Waals surface area contributed by atoms with Crippen LogP contribution >= 0.6 is 0 Å². The molecule has 0 aliphatic carbocycles. The van der Waals surface area contributed by atoms with E-state index in [0.717, 1.165) is 16.7 Å². The Balaban J connectivity index is 2.20. The predicted molar refractivity (Wildman–Crippen MR) is 105 cm³/mol. The van der Waals surface area contributed by atoms with E-state index in [1.807, 2.05) is 49.4 Å². The number of ether oxygens (including phenoxy) is 3. The van der Waals surface area contributed by atoms with E-state index in [0.29, 0.717) is 23.2 Å². The Morgan fingerprint density at radius 2 is 1.79 bits per heavy atom. The standard InChI is InChI=1S/C22H25NO5/c1-5-28-20(12-8-17-9-13-21(26-3)22(14-17)27-4)19-10-6-18(7-11-19)15-23(25)16(2)24/h6-7,9-11,13-14,20,25H,5,15H2,1-4H3. The zero-order valence-corrected chi connectivity index (χ0v) is 16.6. The van der Waals surface area contributed by atoms with Crippen molar-refractivity contribution in [2.75, 3.05) is 20.8 Å². The molecule has 0 bridgehead atoms. The minimum Gasteiger partial charge on any atom is -0.493 e. The first-order chi connectivity index (χ1) is 13.5. The number of amides is 1. The summed E-state index contributed by atoms with van der Waals surface area (Å²) in [4.78, 5) is 11.1. The molecule has 0 aromatic heterocycles. The van der Waals surface area contributed by atoms with Crippen LogP contribution in [-0.4, -0.2) is 37.0 Å². The lowest BCUT2D eigenvalue weighted by Gasteiger charge is -2.14. The molecule has 0 aliphatic heterocycles. The number of hydroxylamine groups is 2. The third kappa shape index (κ3) is 5.74. The van der Waals surface area contributed by atoms with Crippen molar-refractivity contribution in [3.05, 3.63) is 59.2 Å². The molecule has 28 heavy (non-hydrogen) atoms. The second kappa shape index (κ2) is 10.4. The van der Waals surface area contributed by atoms with Crippen LogP contribution in [0.15, 0.2) is 42.5 Å². The molecule has 2 aromatic rings. The molecule has 0 aliphatic rings. The first kappa shape index (κ1) is 21.3. The van der Waals surface area contributed by atoms with Gasteiger partial charge in [0.15, 0.2) is 11.5 Å². The van der Waals surface area contributed by atoms with Crippen LogP contribution < -0.4 is 9.47 Å². The van der Waals surface area contributed by atoms with Crippen LogP contribution in [0, 0.1) is 11.8 Å². The molecule has 2 aromatic carbocycles. The number of carbonyl (C=O) groups excluding carboxylic acids is 1. The zero-order chi connectivity index (χ0) is 20.5. The van der Waals surface area contributed by atoms with Crippen molar-refractivity contribution in [2.45, 2.75) is 26.5 Å². The Kier molecular flexibility index (Phi) is 7.88. The van der Waals surface area contributed by atoms with Crippen LogP contribution in [0.25, 0.3) is 0 Å². The number of benzene rings is 2. The highest BCUT2D eigenvalue weighted by Gasteiger charge is 2.10. The molecule has 0 spiro atoms. The van der Waals surface area contributed by atoms with Crippen molar-refractivity contribution >= 4 is 5.91 Å². The topological polar surface area (TPSA) is 68.2 Å². The van der Waals surface area contributed by atoms with E-state index in [1.54, 1.807) is 14.2 Å². The second-order valence-corrected chi connectivity index (χ2v) is 5.99. The molecule has 6 heteroatoms. The smallest absolute Gasteiger partial charge is 0.243 e. The zero-order valence-electron chi connectivity index (χ0n) is 16.6. The van der Waals surface area contributed by atoms with Gasteiger partial charge in [0.2, 0.25) is 5.91 Å². The summed E-state index contributed by atoms with van der Waals surface area (Å²) in [6.07, 6.45) is -0.398. The van der Waals surface area contributed by atoms with Gasteiger partial charge in [-0.15, -0.1) is 0 Å². The molecular weight excluding hydrogens is 358 g/mol. The predicted octanol–water partition coefficient (Wildman–Crippen LogP) is 3.57. The van der Waals surface area contributed by atoms with Crippen LogP contribution in [0.1, 0.15) is 36.6 Å². The van der Waals surface area contributed by atoms with Gasteiger partial charge in [0.05, 0.1) is 20.8 Å². The molecule has 0 saturated heterocycles. The van der Waals surface area contributed by atoms with Gasteiger partial charge in [0, 0.05) is 19.1 Å². The Morgan fingerprint density at radius 1 is 1.11 bits per heavy atom. The molecule has 2 rings (SSSR count). The van der Waals surface area contributed by atoms with Crippen LogP contribution in [0.5, 0.6) is 11.5 Å². The van der Waals surface area contributed by atoms with E-state index in [9.17, 15) is 10.0 Å². The van der Waals surface area contributed by atoms with Gasteiger partial charge < -0.3 is 14.2 Å². The van der Waals surface area contributed by atoms with Crippen molar-refractivity contribution in [1.29, 1.82) is 0 Å². The maximum Gasteiger partial charge on any atom is 0.243 e. The fourth-order valence-electron chi connectivity index (χ4n) is 2.53. The van der Waals surface area contributed by atoms with Gasteiger partial charge in [-0.2, -0.15) is 0 Å². The summed E-state index contributed by atoms with van der Waals surface area (Å²) in [6.45, 7) is 3.87. The van der Waals surface area contributed by atoms with E-state index in [1.165, 1.54) is 6.92 Å². The highest BCUT2D eigenvalue weighted by Crippen LogP contribution is 2.27. The lowest BCUT2D eigenvalue weighted by atomic mass is 10.1. The van der Waals surface area contributed by atoms with E-state index in [2.05, 4.69) is 11.8 Å². The summed E-state index contributed by atoms with van der Waals surface area (Å²) in [5.41, 5.74) is 2.49. The van der Waals surface area contributed by atoms with Gasteiger partial charge in [-0.1, -0.05) is 36.1 Å². The van der Waals surface area contributed by atoms with Gasteiger partial charge >= 0.3 is 0 Å². The Hall–Kier alpha value is -3.01. The average Bonchev–Trinajstić information content (AvgIpc) is 2.71. The first-order valence-corrected chi connectivity index (χ1v) is 8.89. The molecule has 148 valence electrons. The summed E-state index contributed by atoms with van der Waals surface area (Å²) in [7, 11) is 3.17. The van der Waals surface area contributed by atoms with Gasteiger partial charge in [0.1, 0.15) is 6.10 Å². The number of nitrogens with zero attached hydrogens (tertiary/aromatic N) is 1.